The van der Waals surface area contributed by atoms with Crippen LogP contribution in [0, 0.1) is 5.82 Å². The van der Waals surface area contributed by atoms with Crippen molar-refractivity contribution in [1.82, 2.24) is 18.9 Å². The van der Waals surface area contributed by atoms with E-state index in [2.05, 4.69) is 9.82 Å². The smallest absolute Gasteiger partial charge is 0.240 e. The van der Waals surface area contributed by atoms with Crippen LogP contribution in [0.25, 0.3) is 17.1 Å². The lowest BCUT2D eigenvalue weighted by Gasteiger charge is -2.09. The number of imidazole rings is 1. The molecule has 0 saturated heterocycles. The first-order chi connectivity index (χ1) is 14.0. The van der Waals surface area contributed by atoms with Gasteiger partial charge >= 0.3 is 0 Å². The Balaban J connectivity index is 1.45. The molecule has 152 valence electrons. The molecule has 0 bridgehead atoms. The van der Waals surface area contributed by atoms with E-state index < -0.39 is 15.8 Å². The minimum Gasteiger partial charge on any atom is -0.491 e. The van der Waals surface area contributed by atoms with Crippen LogP contribution in [0.15, 0.2) is 64.4 Å². The summed E-state index contributed by atoms with van der Waals surface area (Å²) in [6.45, 7) is 2.52. The molecule has 3 heterocycles. The largest absolute Gasteiger partial charge is 0.491 e. The van der Waals surface area contributed by atoms with E-state index >= 15 is 0 Å². The van der Waals surface area contributed by atoms with Crippen molar-refractivity contribution < 1.29 is 22.0 Å². The number of rotatable bonds is 8. The molecule has 0 unspecified atom stereocenters. The second-order valence-electron chi connectivity index (χ2n) is 6.22. The molecule has 1 aromatic carbocycles. The maximum absolute atomic E-state index is 14.0. The molecule has 4 aromatic rings. The zero-order valence-electron chi connectivity index (χ0n) is 15.6. The molecule has 0 radical (unpaired) electrons. The summed E-state index contributed by atoms with van der Waals surface area (Å²) >= 11 is 0. The second-order valence-corrected chi connectivity index (χ2v) is 7.99. The predicted octanol–water partition coefficient (Wildman–Crippen LogP) is 2.91. The molecular weight excluding hydrogens is 399 g/mol. The summed E-state index contributed by atoms with van der Waals surface area (Å²) in [4.78, 5) is -0.152. The summed E-state index contributed by atoms with van der Waals surface area (Å²) in [5, 5.41) is 4.42. The number of fused-ring (bicyclic) bond motifs is 1. The molecule has 8 nitrogen and oxygen atoms in total. The Morgan fingerprint density at radius 3 is 2.83 bits per heavy atom. The van der Waals surface area contributed by atoms with Crippen molar-refractivity contribution in [2.45, 2.75) is 18.4 Å². The van der Waals surface area contributed by atoms with Crippen molar-refractivity contribution in [3.05, 3.63) is 60.9 Å². The molecule has 0 amide bonds. The second kappa shape index (κ2) is 7.72. The summed E-state index contributed by atoms with van der Waals surface area (Å²) in [6, 6.07) is 9.03. The van der Waals surface area contributed by atoms with Crippen LogP contribution in [0.1, 0.15) is 6.92 Å². The SMILES string of the molecule is CCOc1ccc(S(=O)(=O)NCCn2ccn3nc(-c4ccco4)cc23)cc1F. The molecule has 1 N–H and O–H groups in total. The zero-order valence-corrected chi connectivity index (χ0v) is 16.4. The Kier molecular flexibility index (Phi) is 5.12. The summed E-state index contributed by atoms with van der Waals surface area (Å²) in [6.07, 6.45) is 5.16. The number of furan rings is 1. The van der Waals surface area contributed by atoms with Crippen molar-refractivity contribution in [2.24, 2.45) is 0 Å². The Bertz CT molecular complexity index is 1230. The van der Waals surface area contributed by atoms with Crippen LogP contribution in [0.3, 0.4) is 0 Å². The fourth-order valence-corrected chi connectivity index (χ4v) is 4.00. The number of hydrogen-bond acceptors (Lipinski definition) is 5. The number of nitrogens with zero attached hydrogens (tertiary/aromatic N) is 3. The minimum absolute atomic E-state index is 0.0225. The van der Waals surface area contributed by atoms with Crippen molar-refractivity contribution in [1.29, 1.82) is 0 Å². The van der Waals surface area contributed by atoms with E-state index in [-0.39, 0.29) is 17.2 Å². The van der Waals surface area contributed by atoms with Gasteiger partial charge < -0.3 is 13.7 Å². The van der Waals surface area contributed by atoms with Crippen molar-refractivity contribution >= 4 is 15.7 Å². The molecule has 29 heavy (non-hydrogen) atoms. The molecule has 4 rings (SSSR count). The number of nitrogens with one attached hydrogen (secondary N) is 1. The maximum atomic E-state index is 14.0. The van der Waals surface area contributed by atoms with Crippen LogP contribution < -0.4 is 9.46 Å². The molecule has 0 atom stereocenters. The first-order valence-electron chi connectivity index (χ1n) is 8.98. The van der Waals surface area contributed by atoms with Gasteiger partial charge in [-0.05, 0) is 37.3 Å². The number of hydrogen-bond donors (Lipinski definition) is 1. The molecule has 0 aliphatic carbocycles. The Labute approximate surface area is 166 Å². The summed E-state index contributed by atoms with van der Waals surface area (Å²) in [5.74, 6) is -0.0423. The molecule has 0 fully saturated rings. The van der Waals surface area contributed by atoms with Gasteiger partial charge in [0.25, 0.3) is 0 Å². The number of benzene rings is 1. The van der Waals surface area contributed by atoms with Crippen LogP contribution in [-0.2, 0) is 16.6 Å². The number of halogens is 1. The molecule has 0 saturated carbocycles. The van der Waals surface area contributed by atoms with Gasteiger partial charge in [0, 0.05) is 31.5 Å². The first kappa shape index (κ1) is 19.2. The summed E-state index contributed by atoms with van der Waals surface area (Å²) in [5.41, 5.74) is 1.48. The monoisotopic (exact) mass is 418 g/mol. The highest BCUT2D eigenvalue weighted by Gasteiger charge is 2.17. The van der Waals surface area contributed by atoms with Gasteiger partial charge in [-0.25, -0.2) is 22.0 Å². The van der Waals surface area contributed by atoms with Gasteiger partial charge in [0.1, 0.15) is 11.3 Å². The van der Waals surface area contributed by atoms with Gasteiger partial charge in [-0.2, -0.15) is 5.10 Å². The first-order valence-corrected chi connectivity index (χ1v) is 10.5. The third-order valence-electron chi connectivity index (χ3n) is 4.33. The van der Waals surface area contributed by atoms with Crippen LogP contribution in [0.2, 0.25) is 0 Å². The number of sulfonamides is 1. The van der Waals surface area contributed by atoms with Gasteiger partial charge in [-0.3, -0.25) is 0 Å². The lowest BCUT2D eigenvalue weighted by molar-refractivity contribution is 0.321. The molecule has 0 aliphatic heterocycles. The van der Waals surface area contributed by atoms with Crippen LogP contribution >= 0.6 is 0 Å². The Hall–Kier alpha value is -3.11. The average molecular weight is 418 g/mol. The Morgan fingerprint density at radius 2 is 2.10 bits per heavy atom. The highest BCUT2D eigenvalue weighted by molar-refractivity contribution is 7.89. The third kappa shape index (κ3) is 3.89. The topological polar surface area (TPSA) is 90.8 Å². The van der Waals surface area contributed by atoms with E-state index in [1.165, 1.54) is 12.1 Å². The Morgan fingerprint density at radius 1 is 1.24 bits per heavy atom. The fraction of sp³-hybridized carbons (Fsp3) is 0.211. The van der Waals surface area contributed by atoms with Gasteiger partial charge in [0.2, 0.25) is 10.0 Å². The lowest BCUT2D eigenvalue weighted by Crippen LogP contribution is -2.27. The van der Waals surface area contributed by atoms with E-state index in [0.717, 1.165) is 11.7 Å². The normalized spacial score (nSPS) is 11.9. The van der Waals surface area contributed by atoms with Crippen LogP contribution in [0.4, 0.5) is 4.39 Å². The van der Waals surface area contributed by atoms with Gasteiger partial charge in [0.15, 0.2) is 17.3 Å². The molecule has 3 aromatic heterocycles. The number of ether oxygens (including phenoxy) is 1. The van der Waals surface area contributed by atoms with Gasteiger partial charge in [-0.1, -0.05) is 0 Å². The van der Waals surface area contributed by atoms with Crippen LogP contribution in [0.5, 0.6) is 5.75 Å². The van der Waals surface area contributed by atoms with E-state index in [4.69, 9.17) is 9.15 Å². The third-order valence-corrected chi connectivity index (χ3v) is 5.79. The molecular formula is C19H19FN4O4S. The minimum atomic E-state index is -3.85. The van der Waals surface area contributed by atoms with E-state index in [1.54, 1.807) is 36.2 Å². The van der Waals surface area contributed by atoms with Gasteiger partial charge in [0.05, 0.1) is 17.8 Å². The standard InChI is InChI=1S/C19H19FN4O4S/c1-2-27-17-6-5-14(12-15(17)20)29(25,26)21-7-8-23-9-10-24-19(23)13-16(22-24)18-4-3-11-28-18/h3-6,9-13,21H,2,7-8H2,1H3. The molecule has 0 spiro atoms. The van der Waals surface area contributed by atoms with Crippen LogP contribution in [-0.4, -0.2) is 35.8 Å². The van der Waals surface area contributed by atoms with Gasteiger partial charge in [-0.15, -0.1) is 0 Å². The molecule has 10 heteroatoms. The average Bonchev–Trinajstić information content (AvgIpc) is 3.41. The predicted molar refractivity (Wildman–Crippen MR) is 104 cm³/mol. The van der Waals surface area contributed by atoms with Crippen molar-refractivity contribution in [3.63, 3.8) is 0 Å². The van der Waals surface area contributed by atoms with Crippen molar-refractivity contribution in [2.75, 3.05) is 13.2 Å². The summed E-state index contributed by atoms with van der Waals surface area (Å²) in [7, 11) is -3.85. The highest BCUT2D eigenvalue weighted by atomic mass is 32.2. The zero-order chi connectivity index (χ0) is 20.4. The van der Waals surface area contributed by atoms with E-state index in [1.807, 2.05) is 16.7 Å². The quantitative estimate of drug-likeness (QED) is 0.475. The lowest BCUT2D eigenvalue weighted by atomic mass is 10.3. The van der Waals surface area contributed by atoms with E-state index in [9.17, 15) is 12.8 Å². The number of aromatic nitrogens is 3. The maximum Gasteiger partial charge on any atom is 0.240 e. The van der Waals surface area contributed by atoms with Crippen molar-refractivity contribution in [3.8, 4) is 17.2 Å². The highest BCUT2D eigenvalue weighted by Crippen LogP contribution is 2.22. The fourth-order valence-electron chi connectivity index (χ4n) is 2.97. The summed E-state index contributed by atoms with van der Waals surface area (Å²) < 4.78 is 55.3. The molecule has 0 aliphatic rings. The van der Waals surface area contributed by atoms with E-state index in [0.29, 0.717) is 24.6 Å².